The minimum Gasteiger partial charge on any atom is -0.353 e. The number of pyridine rings is 2. The van der Waals surface area contributed by atoms with Crippen LogP contribution in [-0.4, -0.2) is 48.0 Å². The average molecular weight is 588 g/mol. The number of aromatic nitrogens is 2. The van der Waals surface area contributed by atoms with Crippen LogP contribution in [0.25, 0.3) is 22.0 Å². The van der Waals surface area contributed by atoms with E-state index in [0.717, 1.165) is 18.9 Å². The quantitative estimate of drug-likeness (QED) is 0.237. The molecule has 0 saturated carbocycles. The van der Waals surface area contributed by atoms with Gasteiger partial charge in [0.15, 0.2) is 0 Å². The lowest BCUT2D eigenvalue weighted by Crippen LogP contribution is -2.54. The number of fused-ring (bicyclic) bond motifs is 1. The van der Waals surface area contributed by atoms with Gasteiger partial charge in [0, 0.05) is 63.2 Å². The van der Waals surface area contributed by atoms with Crippen LogP contribution in [0.4, 0.5) is 19.0 Å². The Hall–Kier alpha value is -3.34. The third-order valence-electron chi connectivity index (χ3n) is 6.36. The van der Waals surface area contributed by atoms with E-state index in [1.165, 1.54) is 0 Å². The molecule has 2 aromatic carbocycles. The summed E-state index contributed by atoms with van der Waals surface area (Å²) in [5.41, 5.74) is 1.93. The van der Waals surface area contributed by atoms with Gasteiger partial charge < -0.3 is 15.5 Å². The standard InChI is InChI=1S/C28H27ClFN5OS.CH2F2/c1-16-14-35(15-17(2)33-16)26-5-3-4-25(34-26)23-7-6-18-12-31-21(11-24(18)27(23)30)13-32-28(36)19-8-20(29)10-22(37)9-19;2-1-3/h3-12,16-17,33,37H,13-15H2,1-2H3,(H,32,36);1H2. The molecule has 2 N–H and O–H groups in total. The summed E-state index contributed by atoms with van der Waals surface area (Å²) in [6.07, 6.45) is 1.61. The second-order valence-electron chi connectivity index (χ2n) is 9.56. The maximum atomic E-state index is 15.8. The molecule has 1 aliphatic rings. The summed E-state index contributed by atoms with van der Waals surface area (Å²) in [6.45, 7) is 4.37. The van der Waals surface area contributed by atoms with Crippen LogP contribution < -0.4 is 15.5 Å². The predicted molar refractivity (Wildman–Crippen MR) is 156 cm³/mol. The Kier molecular flexibility index (Phi) is 9.89. The number of carbonyl (C=O) groups is 1. The molecule has 6 nitrogen and oxygen atoms in total. The maximum absolute atomic E-state index is 15.8. The summed E-state index contributed by atoms with van der Waals surface area (Å²) in [5.74, 6) is 0.154. The van der Waals surface area contributed by atoms with Crippen LogP contribution in [0.2, 0.25) is 5.02 Å². The fourth-order valence-corrected chi connectivity index (χ4v) is 5.35. The van der Waals surface area contributed by atoms with Gasteiger partial charge in [0.2, 0.25) is 6.93 Å². The van der Waals surface area contributed by atoms with Crippen molar-refractivity contribution < 1.29 is 18.0 Å². The summed E-state index contributed by atoms with van der Waals surface area (Å²) >= 11 is 10.3. The molecule has 1 aliphatic heterocycles. The zero-order valence-corrected chi connectivity index (χ0v) is 23.6. The molecule has 210 valence electrons. The van der Waals surface area contributed by atoms with Gasteiger partial charge >= 0.3 is 0 Å². The number of nitrogens with one attached hydrogen (secondary N) is 2. The highest BCUT2D eigenvalue weighted by Crippen LogP contribution is 2.30. The molecule has 0 radical (unpaired) electrons. The van der Waals surface area contributed by atoms with Gasteiger partial charge in [0.05, 0.1) is 17.9 Å². The monoisotopic (exact) mass is 587 g/mol. The number of thiol groups is 1. The Labute approximate surface area is 241 Å². The van der Waals surface area contributed by atoms with Crippen molar-refractivity contribution in [1.29, 1.82) is 0 Å². The van der Waals surface area contributed by atoms with Crippen molar-refractivity contribution in [3.05, 3.63) is 82.9 Å². The van der Waals surface area contributed by atoms with Crippen molar-refractivity contribution in [2.24, 2.45) is 0 Å². The van der Waals surface area contributed by atoms with E-state index >= 15 is 4.39 Å². The first kappa shape index (κ1) is 29.6. The fraction of sp³-hybridized carbons (Fsp3) is 0.276. The van der Waals surface area contributed by atoms with Gasteiger partial charge in [-0.3, -0.25) is 9.78 Å². The Morgan fingerprint density at radius 2 is 1.85 bits per heavy atom. The summed E-state index contributed by atoms with van der Waals surface area (Å²) in [7, 11) is 0. The van der Waals surface area contributed by atoms with Crippen LogP contribution in [0, 0.1) is 5.82 Å². The topological polar surface area (TPSA) is 70.2 Å². The van der Waals surface area contributed by atoms with Crippen LogP contribution >= 0.6 is 24.2 Å². The highest BCUT2D eigenvalue weighted by molar-refractivity contribution is 7.80. The summed E-state index contributed by atoms with van der Waals surface area (Å²) in [5, 5.41) is 7.86. The summed E-state index contributed by atoms with van der Waals surface area (Å²) in [6, 6.07) is 16.5. The largest absolute Gasteiger partial charge is 0.353 e. The molecule has 2 atom stereocenters. The van der Waals surface area contributed by atoms with Crippen LogP contribution in [0.1, 0.15) is 29.9 Å². The number of carbonyl (C=O) groups excluding carboxylic acids is 1. The van der Waals surface area contributed by atoms with Gasteiger partial charge in [-0.05, 0) is 56.3 Å². The number of amides is 1. The molecule has 4 aromatic rings. The maximum Gasteiger partial charge on any atom is 0.251 e. The lowest BCUT2D eigenvalue weighted by atomic mass is 10.0. The van der Waals surface area contributed by atoms with E-state index in [2.05, 4.69) is 47.0 Å². The van der Waals surface area contributed by atoms with Crippen LogP contribution in [0.5, 0.6) is 0 Å². The van der Waals surface area contributed by atoms with E-state index in [-0.39, 0.29) is 18.3 Å². The first-order valence-electron chi connectivity index (χ1n) is 12.6. The number of piperazine rings is 1. The predicted octanol–water partition coefficient (Wildman–Crippen LogP) is 6.38. The lowest BCUT2D eigenvalue weighted by Gasteiger charge is -2.37. The fourth-order valence-electron chi connectivity index (χ4n) is 4.76. The number of hydrogen-bond donors (Lipinski definition) is 3. The Morgan fingerprint density at radius 3 is 2.55 bits per heavy atom. The molecule has 11 heteroatoms. The number of halogens is 4. The third-order valence-corrected chi connectivity index (χ3v) is 6.84. The van der Waals surface area contributed by atoms with Gasteiger partial charge in [-0.25, -0.2) is 18.2 Å². The molecule has 0 spiro atoms. The number of rotatable bonds is 5. The number of benzene rings is 2. The van der Waals surface area contributed by atoms with Gasteiger partial charge in [-0.2, -0.15) is 0 Å². The van der Waals surface area contributed by atoms with Gasteiger partial charge in [0.25, 0.3) is 5.91 Å². The number of nitrogens with zero attached hydrogens (tertiary/aromatic N) is 3. The zero-order chi connectivity index (χ0) is 28.8. The molecular weight excluding hydrogens is 559 g/mol. The number of alkyl halides is 2. The average Bonchev–Trinajstić information content (AvgIpc) is 2.91. The molecule has 2 unspecified atom stereocenters. The van der Waals surface area contributed by atoms with Crippen LogP contribution in [0.15, 0.2) is 65.7 Å². The van der Waals surface area contributed by atoms with Gasteiger partial charge in [-0.1, -0.05) is 23.7 Å². The Morgan fingerprint density at radius 1 is 1.12 bits per heavy atom. The van der Waals surface area contributed by atoms with Gasteiger partial charge in [0.1, 0.15) is 11.6 Å². The summed E-state index contributed by atoms with van der Waals surface area (Å²) in [4.78, 5) is 24.6. The van der Waals surface area contributed by atoms with Gasteiger partial charge in [-0.15, -0.1) is 12.6 Å². The Balaban J connectivity index is 0.00000118. The van der Waals surface area contributed by atoms with E-state index in [1.54, 1.807) is 36.5 Å². The minimum atomic E-state index is -1.75. The van der Waals surface area contributed by atoms with E-state index in [1.807, 2.05) is 24.3 Å². The lowest BCUT2D eigenvalue weighted by molar-refractivity contribution is 0.0950. The number of anilines is 1. The van der Waals surface area contributed by atoms with E-state index in [0.29, 0.717) is 55.3 Å². The van der Waals surface area contributed by atoms with Crippen molar-refractivity contribution in [1.82, 2.24) is 20.6 Å². The SMILES string of the molecule is CC1CN(c2cccc(-c3ccc4cnc(CNC(=O)c5cc(S)cc(Cl)c5)cc4c3F)n2)CC(C)N1.FCF. The second kappa shape index (κ2) is 13.3. The Bertz CT molecular complexity index is 1480. The first-order valence-corrected chi connectivity index (χ1v) is 13.5. The molecule has 0 aliphatic carbocycles. The first-order chi connectivity index (χ1) is 19.2. The van der Waals surface area contributed by atoms with Crippen molar-refractivity contribution in [3.63, 3.8) is 0 Å². The van der Waals surface area contributed by atoms with Crippen molar-refractivity contribution in [3.8, 4) is 11.3 Å². The molecule has 5 rings (SSSR count). The highest BCUT2D eigenvalue weighted by atomic mass is 35.5. The molecule has 1 saturated heterocycles. The highest BCUT2D eigenvalue weighted by Gasteiger charge is 2.22. The van der Waals surface area contributed by atoms with Crippen LogP contribution in [-0.2, 0) is 6.54 Å². The van der Waals surface area contributed by atoms with Crippen molar-refractivity contribution >= 4 is 46.7 Å². The summed E-state index contributed by atoms with van der Waals surface area (Å²) < 4.78 is 35.0. The van der Waals surface area contributed by atoms with E-state index in [4.69, 9.17) is 16.6 Å². The van der Waals surface area contributed by atoms with E-state index in [9.17, 15) is 13.6 Å². The van der Waals surface area contributed by atoms with E-state index < -0.39 is 6.93 Å². The van der Waals surface area contributed by atoms with Crippen LogP contribution in [0.3, 0.4) is 0 Å². The third kappa shape index (κ3) is 7.24. The molecule has 0 bridgehead atoms. The normalized spacial score (nSPS) is 16.8. The van der Waals surface area contributed by atoms with Crippen molar-refractivity contribution in [2.45, 2.75) is 37.4 Å². The molecule has 3 heterocycles. The molecular formula is C29H29ClF3N5OS. The molecule has 40 heavy (non-hydrogen) atoms. The minimum absolute atomic E-state index is 0.139. The smallest absolute Gasteiger partial charge is 0.251 e. The molecule has 1 fully saturated rings. The molecule has 1 amide bonds. The van der Waals surface area contributed by atoms with Crippen molar-refractivity contribution in [2.75, 3.05) is 24.9 Å². The zero-order valence-electron chi connectivity index (χ0n) is 22.0. The second-order valence-corrected chi connectivity index (χ2v) is 10.5. The molecule has 2 aromatic heterocycles. The number of hydrogen-bond acceptors (Lipinski definition) is 6.